The van der Waals surface area contributed by atoms with Crippen LogP contribution in [0.25, 0.3) is 11.0 Å². The molecule has 0 aliphatic rings. The lowest BCUT2D eigenvalue weighted by Gasteiger charge is -2.18. The first-order chi connectivity index (χ1) is 15.0. The first kappa shape index (κ1) is 20.4. The number of ketones is 1. The molecule has 1 N–H and O–H groups in total. The van der Waals surface area contributed by atoms with Crippen LogP contribution in [-0.4, -0.2) is 10.9 Å². The zero-order valence-corrected chi connectivity index (χ0v) is 17.1. The van der Waals surface area contributed by atoms with Gasteiger partial charge < -0.3 is 14.3 Å². The summed E-state index contributed by atoms with van der Waals surface area (Å²) in [6.07, 6.45) is 0.0814. The van der Waals surface area contributed by atoms with Gasteiger partial charge in [-0.05, 0) is 30.2 Å². The molecule has 1 atom stereocenters. The van der Waals surface area contributed by atoms with Crippen LogP contribution in [0.3, 0.4) is 0 Å². The third-order valence-electron chi connectivity index (χ3n) is 5.18. The van der Waals surface area contributed by atoms with Crippen molar-refractivity contribution in [1.82, 2.24) is 0 Å². The second-order valence-electron chi connectivity index (χ2n) is 7.43. The Balaban J connectivity index is 1.79. The van der Waals surface area contributed by atoms with E-state index < -0.39 is 11.5 Å². The molecule has 1 aromatic heterocycles. The number of fused-ring (bicyclic) bond motifs is 1. The second-order valence-corrected chi connectivity index (χ2v) is 7.43. The molecule has 5 nitrogen and oxygen atoms in total. The van der Waals surface area contributed by atoms with Crippen molar-refractivity contribution in [2.45, 2.75) is 25.9 Å². The smallest absolute Gasteiger partial charge is 0.343 e. The van der Waals surface area contributed by atoms with Gasteiger partial charge in [0.05, 0.1) is 10.9 Å². The molecular formula is C26H22O5. The van der Waals surface area contributed by atoms with Crippen molar-refractivity contribution >= 4 is 16.8 Å². The maximum Gasteiger partial charge on any atom is 0.343 e. The lowest BCUT2D eigenvalue weighted by Crippen LogP contribution is -2.16. The van der Waals surface area contributed by atoms with E-state index in [1.165, 1.54) is 6.92 Å². The molecule has 31 heavy (non-hydrogen) atoms. The first-order valence-electron chi connectivity index (χ1n) is 10.0. The molecule has 0 amide bonds. The Bertz CT molecular complexity index is 1260. The molecule has 3 aromatic carbocycles. The summed E-state index contributed by atoms with van der Waals surface area (Å²) in [7, 11) is 0. The highest BCUT2D eigenvalue weighted by molar-refractivity contribution is 5.89. The Hall–Kier alpha value is -3.86. The predicted octanol–water partition coefficient (Wildman–Crippen LogP) is 5.19. The van der Waals surface area contributed by atoms with Crippen molar-refractivity contribution in [2.24, 2.45) is 0 Å². The number of benzene rings is 3. The molecular weight excluding hydrogens is 392 g/mol. The quantitative estimate of drug-likeness (QED) is 0.421. The average molecular weight is 414 g/mol. The standard InChI is InChI=1S/C26H22O5/c1-17(27)15-21(19-11-6-3-7-12-19)23-24(28)20-13-8-14-22(25(20)31-26(23)29)30-16-18-9-4-2-5-10-18/h2-14,21,28H,15-16H2,1H3. The minimum atomic E-state index is -0.684. The Morgan fingerprint density at radius 3 is 2.32 bits per heavy atom. The molecule has 4 aromatic rings. The molecule has 0 fully saturated rings. The summed E-state index contributed by atoms with van der Waals surface area (Å²) >= 11 is 0. The van der Waals surface area contributed by atoms with Crippen LogP contribution in [0.1, 0.15) is 36.0 Å². The van der Waals surface area contributed by atoms with Crippen molar-refractivity contribution < 1.29 is 19.1 Å². The number of carbonyl (C=O) groups is 1. The Morgan fingerprint density at radius 2 is 1.65 bits per heavy atom. The van der Waals surface area contributed by atoms with Crippen molar-refractivity contribution in [3.8, 4) is 11.5 Å². The lowest BCUT2D eigenvalue weighted by molar-refractivity contribution is -0.117. The van der Waals surface area contributed by atoms with E-state index in [9.17, 15) is 14.7 Å². The van der Waals surface area contributed by atoms with Gasteiger partial charge in [-0.25, -0.2) is 4.79 Å². The fourth-order valence-corrected chi connectivity index (χ4v) is 3.71. The number of hydrogen-bond donors (Lipinski definition) is 1. The molecule has 0 spiro atoms. The van der Waals surface area contributed by atoms with Gasteiger partial charge in [-0.3, -0.25) is 4.79 Å². The molecule has 0 aliphatic heterocycles. The maximum absolute atomic E-state index is 13.0. The van der Waals surface area contributed by atoms with Crippen molar-refractivity contribution in [2.75, 3.05) is 0 Å². The van der Waals surface area contributed by atoms with Crippen LogP contribution in [0.4, 0.5) is 0 Å². The molecule has 1 heterocycles. The van der Waals surface area contributed by atoms with Crippen LogP contribution in [-0.2, 0) is 11.4 Å². The maximum atomic E-state index is 13.0. The van der Waals surface area contributed by atoms with E-state index in [2.05, 4.69) is 0 Å². The number of aromatic hydroxyl groups is 1. The van der Waals surface area contributed by atoms with Gasteiger partial charge in [-0.2, -0.15) is 0 Å². The van der Waals surface area contributed by atoms with Crippen LogP contribution in [0.2, 0.25) is 0 Å². The Morgan fingerprint density at radius 1 is 0.968 bits per heavy atom. The second kappa shape index (κ2) is 8.88. The van der Waals surface area contributed by atoms with Crippen molar-refractivity contribution in [3.63, 3.8) is 0 Å². The largest absolute Gasteiger partial charge is 0.507 e. The zero-order valence-electron chi connectivity index (χ0n) is 17.1. The molecule has 0 aliphatic carbocycles. The molecule has 0 bridgehead atoms. The minimum absolute atomic E-state index is 0.0779. The van der Waals surface area contributed by atoms with Gasteiger partial charge in [0.2, 0.25) is 0 Å². The average Bonchev–Trinajstić information content (AvgIpc) is 2.78. The summed E-state index contributed by atoms with van der Waals surface area (Å²) < 4.78 is 11.5. The van der Waals surface area contributed by atoms with Crippen LogP contribution in [0.5, 0.6) is 11.5 Å². The number of para-hydroxylation sites is 1. The van der Waals surface area contributed by atoms with Gasteiger partial charge in [0.1, 0.15) is 18.1 Å². The van der Waals surface area contributed by atoms with Gasteiger partial charge in [-0.1, -0.05) is 66.7 Å². The monoisotopic (exact) mass is 414 g/mol. The SMILES string of the molecule is CC(=O)CC(c1ccccc1)c1c(O)c2cccc(OCc3ccccc3)c2oc1=O. The van der Waals surface area contributed by atoms with E-state index in [4.69, 9.17) is 9.15 Å². The van der Waals surface area contributed by atoms with E-state index in [0.717, 1.165) is 11.1 Å². The number of ether oxygens (including phenoxy) is 1. The van der Waals surface area contributed by atoms with Crippen LogP contribution < -0.4 is 10.4 Å². The summed E-state index contributed by atoms with van der Waals surface area (Å²) in [4.78, 5) is 24.9. The van der Waals surface area contributed by atoms with E-state index in [1.54, 1.807) is 18.2 Å². The molecule has 4 rings (SSSR count). The van der Waals surface area contributed by atoms with Gasteiger partial charge in [0.15, 0.2) is 11.3 Å². The van der Waals surface area contributed by atoms with Crippen molar-refractivity contribution in [3.05, 3.63) is 106 Å². The number of rotatable bonds is 7. The Kier molecular flexibility index (Phi) is 5.85. The van der Waals surface area contributed by atoms with Crippen LogP contribution >= 0.6 is 0 Å². The predicted molar refractivity (Wildman–Crippen MR) is 119 cm³/mol. The third-order valence-corrected chi connectivity index (χ3v) is 5.18. The summed E-state index contributed by atoms with van der Waals surface area (Å²) in [6, 6.07) is 23.9. The molecule has 1 unspecified atom stereocenters. The van der Waals surface area contributed by atoms with Crippen LogP contribution in [0, 0.1) is 0 Å². The van der Waals surface area contributed by atoms with Crippen molar-refractivity contribution in [1.29, 1.82) is 0 Å². The number of Topliss-reactive ketones (excluding diaryl/α,β-unsaturated/α-hetero) is 1. The number of carbonyl (C=O) groups excluding carboxylic acids is 1. The zero-order chi connectivity index (χ0) is 21.8. The fourth-order valence-electron chi connectivity index (χ4n) is 3.71. The summed E-state index contributed by atoms with van der Waals surface area (Å²) in [5, 5.41) is 11.4. The Labute approximate surface area is 179 Å². The van der Waals surface area contributed by atoms with E-state index in [0.29, 0.717) is 17.7 Å². The summed E-state index contributed by atoms with van der Waals surface area (Å²) in [5.41, 5.74) is 1.30. The van der Waals surface area contributed by atoms with E-state index in [-0.39, 0.29) is 29.1 Å². The van der Waals surface area contributed by atoms with Gasteiger partial charge in [0, 0.05) is 12.3 Å². The molecule has 5 heteroatoms. The highest BCUT2D eigenvalue weighted by Gasteiger charge is 2.26. The fraction of sp³-hybridized carbons (Fsp3) is 0.154. The van der Waals surface area contributed by atoms with Crippen LogP contribution in [0.15, 0.2) is 88.1 Å². The normalized spacial score (nSPS) is 11.9. The van der Waals surface area contributed by atoms with E-state index in [1.807, 2.05) is 60.7 Å². The minimum Gasteiger partial charge on any atom is -0.507 e. The van der Waals surface area contributed by atoms with E-state index >= 15 is 0 Å². The van der Waals surface area contributed by atoms with Gasteiger partial charge in [-0.15, -0.1) is 0 Å². The molecule has 0 saturated heterocycles. The third kappa shape index (κ3) is 4.36. The highest BCUT2D eigenvalue weighted by atomic mass is 16.5. The van der Waals surface area contributed by atoms with Gasteiger partial charge in [0.25, 0.3) is 0 Å². The summed E-state index contributed by atoms with van der Waals surface area (Å²) in [6.45, 7) is 1.76. The lowest BCUT2D eigenvalue weighted by atomic mass is 9.87. The van der Waals surface area contributed by atoms with Gasteiger partial charge >= 0.3 is 5.63 Å². The number of hydrogen-bond acceptors (Lipinski definition) is 5. The summed E-state index contributed by atoms with van der Waals surface area (Å²) in [5.74, 6) is -0.518. The molecule has 0 radical (unpaired) electrons. The highest BCUT2D eigenvalue weighted by Crippen LogP contribution is 2.38. The topological polar surface area (TPSA) is 76.7 Å². The molecule has 0 saturated carbocycles. The molecule has 156 valence electrons. The first-order valence-corrected chi connectivity index (χ1v) is 10.0.